The molecule has 1 saturated carbocycles. The van der Waals surface area contributed by atoms with Gasteiger partial charge in [-0.3, -0.25) is 24.4 Å². The largest absolute Gasteiger partial charge is 0.355 e. The Kier molecular flexibility index (Phi) is 8.14. The van der Waals surface area contributed by atoms with E-state index in [9.17, 15) is 9.59 Å². The van der Waals surface area contributed by atoms with Crippen LogP contribution in [-0.4, -0.2) is 98.4 Å². The summed E-state index contributed by atoms with van der Waals surface area (Å²) < 4.78 is 0. The van der Waals surface area contributed by atoms with Crippen molar-refractivity contribution in [2.75, 3.05) is 66.0 Å². The van der Waals surface area contributed by atoms with E-state index in [1.165, 1.54) is 4.90 Å². The molecule has 4 atom stereocenters. The molecule has 4 unspecified atom stereocenters. The third kappa shape index (κ3) is 4.67. The predicted octanol–water partition coefficient (Wildman–Crippen LogP) is 0.214. The van der Waals surface area contributed by atoms with Gasteiger partial charge in [-0.2, -0.15) is 0 Å². The first-order valence-corrected chi connectivity index (χ1v) is 11.0. The van der Waals surface area contributed by atoms with Crippen LogP contribution in [0.2, 0.25) is 0 Å². The van der Waals surface area contributed by atoms with E-state index in [0.717, 1.165) is 58.2 Å². The zero-order chi connectivity index (χ0) is 20.4. The lowest BCUT2D eigenvalue weighted by atomic mass is 9.85. The number of amides is 2. The number of likely N-dealkylation sites (tertiary alicyclic amines) is 1. The van der Waals surface area contributed by atoms with Crippen molar-refractivity contribution in [3.63, 3.8) is 0 Å². The van der Waals surface area contributed by atoms with E-state index in [4.69, 9.17) is 0 Å². The fraction of sp³-hybridized carbons (Fsp3) is 0.762. The van der Waals surface area contributed by atoms with Crippen molar-refractivity contribution in [3.8, 4) is 0 Å². The van der Waals surface area contributed by atoms with Gasteiger partial charge in [0.15, 0.2) is 5.96 Å². The number of imide groups is 1. The summed E-state index contributed by atoms with van der Waals surface area (Å²) in [6, 6.07) is 0. The van der Waals surface area contributed by atoms with Crippen LogP contribution in [0, 0.1) is 23.7 Å². The van der Waals surface area contributed by atoms with Crippen molar-refractivity contribution < 1.29 is 9.59 Å². The lowest BCUT2D eigenvalue weighted by Gasteiger charge is -2.34. The molecule has 0 radical (unpaired) electrons. The summed E-state index contributed by atoms with van der Waals surface area (Å²) in [5.41, 5.74) is 0. The summed E-state index contributed by atoms with van der Waals surface area (Å²) in [5, 5.41) is 6.58. The Balaban J connectivity index is 0.00000256. The number of piperazine rings is 1. The van der Waals surface area contributed by atoms with E-state index in [2.05, 4.69) is 44.5 Å². The predicted molar refractivity (Wildman–Crippen MR) is 128 cm³/mol. The van der Waals surface area contributed by atoms with Crippen LogP contribution in [0.25, 0.3) is 0 Å². The first-order valence-electron chi connectivity index (χ1n) is 11.0. The number of hydrogen-bond acceptors (Lipinski definition) is 5. The molecule has 30 heavy (non-hydrogen) atoms. The smallest absolute Gasteiger partial charge is 0.233 e. The molecule has 4 rings (SSSR count). The Hall–Kier alpha value is -1.20. The zero-order valence-corrected chi connectivity index (χ0v) is 20.4. The Bertz CT molecular complexity index is 661. The van der Waals surface area contributed by atoms with Gasteiger partial charge in [0, 0.05) is 59.4 Å². The number of likely N-dealkylation sites (N-methyl/N-ethyl adjacent to an activating group) is 1. The van der Waals surface area contributed by atoms with E-state index < -0.39 is 0 Å². The average Bonchev–Trinajstić information content (AvgIpc) is 3.42. The lowest BCUT2D eigenvalue weighted by molar-refractivity contribution is -0.140. The quantitative estimate of drug-likeness (QED) is 0.161. The molecule has 2 saturated heterocycles. The number of carbonyl (C=O) groups is 2. The van der Waals surface area contributed by atoms with Gasteiger partial charge in [-0.05, 0) is 24.8 Å². The molecule has 2 aliphatic carbocycles. The molecule has 2 aliphatic heterocycles. The van der Waals surface area contributed by atoms with Crippen LogP contribution >= 0.6 is 24.0 Å². The third-order valence-electron chi connectivity index (χ3n) is 7.05. The molecule has 4 aliphatic rings. The molecule has 0 aromatic heterocycles. The zero-order valence-electron chi connectivity index (χ0n) is 18.0. The number of nitrogens with zero attached hydrogens (tertiary/aromatic N) is 4. The second-order valence-corrected chi connectivity index (χ2v) is 8.53. The molecule has 2 heterocycles. The Morgan fingerprint density at radius 2 is 1.50 bits per heavy atom. The second-order valence-electron chi connectivity index (χ2n) is 8.53. The Morgan fingerprint density at radius 3 is 2.03 bits per heavy atom. The topological polar surface area (TPSA) is 80.3 Å². The van der Waals surface area contributed by atoms with Gasteiger partial charge in [0.2, 0.25) is 11.8 Å². The Morgan fingerprint density at radius 1 is 0.967 bits per heavy atom. The molecule has 2 N–H and O–H groups in total. The molecular formula is C21H35IN6O2. The molecule has 2 bridgehead atoms. The number of carbonyl (C=O) groups excluding carboxylic acids is 2. The van der Waals surface area contributed by atoms with Crippen LogP contribution in [0.3, 0.4) is 0 Å². The highest BCUT2D eigenvalue weighted by Gasteiger charge is 2.58. The number of nitrogens with one attached hydrogen (secondary N) is 2. The highest BCUT2D eigenvalue weighted by Crippen LogP contribution is 2.52. The maximum atomic E-state index is 12.7. The van der Waals surface area contributed by atoms with E-state index in [1.54, 1.807) is 7.05 Å². The van der Waals surface area contributed by atoms with Gasteiger partial charge >= 0.3 is 0 Å². The number of fused-ring (bicyclic) bond motifs is 5. The van der Waals surface area contributed by atoms with Crippen LogP contribution < -0.4 is 10.6 Å². The standard InChI is InChI=1S/C21H34N6O2.HI/c1-3-25-10-12-26(13-11-25)8-6-23-21(22-2)24-7-9-27-19(28)17-15-4-5-16(14-15)18(17)20(27)29;/h4-5,15-18H,3,6-14H2,1-2H3,(H2,22,23,24);1H. The van der Waals surface area contributed by atoms with Crippen molar-refractivity contribution in [1.29, 1.82) is 0 Å². The van der Waals surface area contributed by atoms with Gasteiger partial charge in [0.05, 0.1) is 11.8 Å². The van der Waals surface area contributed by atoms with E-state index in [-0.39, 0.29) is 59.5 Å². The molecule has 9 heteroatoms. The molecule has 0 aromatic carbocycles. The van der Waals surface area contributed by atoms with Crippen molar-refractivity contribution in [2.45, 2.75) is 13.3 Å². The number of hydrogen-bond donors (Lipinski definition) is 2. The minimum atomic E-state index is -0.108. The Labute approximate surface area is 196 Å². The summed E-state index contributed by atoms with van der Waals surface area (Å²) in [4.78, 5) is 36.1. The number of guanidine groups is 1. The number of rotatable bonds is 7. The summed E-state index contributed by atoms with van der Waals surface area (Å²) in [6.45, 7) is 10.6. The fourth-order valence-electron chi connectivity index (χ4n) is 5.35. The van der Waals surface area contributed by atoms with Gasteiger partial charge in [0.25, 0.3) is 0 Å². The molecule has 168 valence electrons. The second kappa shape index (κ2) is 10.4. The van der Waals surface area contributed by atoms with Crippen molar-refractivity contribution in [1.82, 2.24) is 25.3 Å². The normalized spacial score (nSPS) is 31.3. The maximum absolute atomic E-state index is 12.7. The summed E-state index contributed by atoms with van der Waals surface area (Å²) >= 11 is 0. The SMILES string of the molecule is CCN1CCN(CCNC(=NC)NCCN2C(=O)C3C4C=CC(C4)C3C2=O)CC1.I. The van der Waals surface area contributed by atoms with Gasteiger partial charge < -0.3 is 15.5 Å². The van der Waals surface area contributed by atoms with Gasteiger partial charge in [-0.25, -0.2) is 0 Å². The molecule has 2 amide bonds. The van der Waals surface area contributed by atoms with Crippen molar-refractivity contribution in [2.24, 2.45) is 28.7 Å². The monoisotopic (exact) mass is 530 g/mol. The fourth-order valence-corrected chi connectivity index (χ4v) is 5.35. The van der Waals surface area contributed by atoms with Crippen LogP contribution in [-0.2, 0) is 9.59 Å². The first kappa shape index (κ1) is 23.5. The number of halogens is 1. The highest BCUT2D eigenvalue weighted by molar-refractivity contribution is 14.0. The minimum Gasteiger partial charge on any atom is -0.355 e. The average molecular weight is 530 g/mol. The van der Waals surface area contributed by atoms with Crippen molar-refractivity contribution in [3.05, 3.63) is 12.2 Å². The molecule has 0 aromatic rings. The molecule has 0 spiro atoms. The molecule has 8 nitrogen and oxygen atoms in total. The van der Waals surface area contributed by atoms with Crippen LogP contribution in [0.5, 0.6) is 0 Å². The van der Waals surface area contributed by atoms with E-state index in [0.29, 0.717) is 13.1 Å². The summed E-state index contributed by atoms with van der Waals surface area (Å²) in [6.07, 6.45) is 5.24. The third-order valence-corrected chi connectivity index (χ3v) is 7.05. The maximum Gasteiger partial charge on any atom is 0.233 e. The van der Waals surface area contributed by atoms with Crippen LogP contribution in [0.4, 0.5) is 0 Å². The van der Waals surface area contributed by atoms with Crippen LogP contribution in [0.1, 0.15) is 13.3 Å². The van der Waals surface area contributed by atoms with E-state index >= 15 is 0 Å². The number of allylic oxidation sites excluding steroid dienone is 2. The van der Waals surface area contributed by atoms with Crippen LogP contribution in [0.15, 0.2) is 17.1 Å². The first-order chi connectivity index (χ1) is 14.1. The summed E-state index contributed by atoms with van der Waals surface area (Å²) in [5.74, 6) is 1.09. The van der Waals surface area contributed by atoms with Gasteiger partial charge in [-0.1, -0.05) is 19.1 Å². The molecular weight excluding hydrogens is 495 g/mol. The van der Waals surface area contributed by atoms with Gasteiger partial charge in [0.1, 0.15) is 0 Å². The van der Waals surface area contributed by atoms with Crippen molar-refractivity contribution >= 4 is 41.8 Å². The number of aliphatic imine (C=N–C) groups is 1. The highest BCUT2D eigenvalue weighted by atomic mass is 127. The minimum absolute atomic E-state index is 0. The summed E-state index contributed by atoms with van der Waals surface area (Å²) in [7, 11) is 1.75. The molecule has 3 fully saturated rings. The van der Waals surface area contributed by atoms with E-state index in [1.807, 2.05) is 0 Å². The lowest BCUT2D eigenvalue weighted by Crippen LogP contribution is -2.49. The van der Waals surface area contributed by atoms with Gasteiger partial charge in [-0.15, -0.1) is 24.0 Å².